The first-order valence-corrected chi connectivity index (χ1v) is 5.71. The minimum atomic E-state index is -0.289. The van der Waals surface area contributed by atoms with Crippen molar-refractivity contribution >= 4 is 5.95 Å². The van der Waals surface area contributed by atoms with Gasteiger partial charge in [-0.15, -0.1) is 5.10 Å². The second kappa shape index (κ2) is 3.84. The fourth-order valence-corrected chi connectivity index (χ4v) is 2.02. The molecule has 0 aliphatic carbocycles. The molecule has 4 nitrogen and oxygen atoms in total. The van der Waals surface area contributed by atoms with Crippen LogP contribution in [-0.4, -0.2) is 21.3 Å². The van der Waals surface area contributed by atoms with E-state index in [0.717, 1.165) is 18.9 Å². The topological polar surface area (TPSA) is 42.7 Å². The molecule has 2 heterocycles. The Morgan fingerprint density at radius 1 is 1.41 bits per heavy atom. The SMILES string of the molecule is CC1CCNc2nc(-c3ccccc3F)nn21. The first-order chi connectivity index (χ1) is 8.25. The summed E-state index contributed by atoms with van der Waals surface area (Å²) in [5, 5.41) is 7.54. The molecule has 1 N–H and O–H groups in total. The van der Waals surface area contributed by atoms with Gasteiger partial charge in [0.15, 0.2) is 5.82 Å². The number of aromatic nitrogens is 3. The van der Waals surface area contributed by atoms with E-state index in [2.05, 4.69) is 22.3 Å². The van der Waals surface area contributed by atoms with Crippen LogP contribution in [0.1, 0.15) is 19.4 Å². The van der Waals surface area contributed by atoms with Crippen molar-refractivity contribution in [2.45, 2.75) is 19.4 Å². The van der Waals surface area contributed by atoms with Gasteiger partial charge in [-0.25, -0.2) is 9.07 Å². The molecule has 1 aromatic carbocycles. The molecule has 1 aliphatic heterocycles. The van der Waals surface area contributed by atoms with Gasteiger partial charge in [0, 0.05) is 6.54 Å². The molecule has 1 aromatic heterocycles. The quantitative estimate of drug-likeness (QED) is 0.821. The minimum Gasteiger partial charge on any atom is -0.354 e. The summed E-state index contributed by atoms with van der Waals surface area (Å²) in [5.41, 5.74) is 0.448. The number of hydrogen-bond acceptors (Lipinski definition) is 3. The van der Waals surface area contributed by atoms with Gasteiger partial charge in [-0.2, -0.15) is 4.98 Å². The van der Waals surface area contributed by atoms with E-state index in [9.17, 15) is 4.39 Å². The molecule has 0 saturated carbocycles. The van der Waals surface area contributed by atoms with E-state index in [-0.39, 0.29) is 5.82 Å². The van der Waals surface area contributed by atoms with Crippen molar-refractivity contribution in [3.05, 3.63) is 30.1 Å². The van der Waals surface area contributed by atoms with Crippen LogP contribution in [0, 0.1) is 5.82 Å². The molecule has 3 rings (SSSR count). The molecule has 88 valence electrons. The van der Waals surface area contributed by atoms with Crippen molar-refractivity contribution in [2.24, 2.45) is 0 Å². The van der Waals surface area contributed by atoms with Gasteiger partial charge < -0.3 is 5.32 Å². The fourth-order valence-electron chi connectivity index (χ4n) is 2.02. The Morgan fingerprint density at radius 3 is 3.00 bits per heavy atom. The molecule has 1 unspecified atom stereocenters. The van der Waals surface area contributed by atoms with Gasteiger partial charge >= 0.3 is 0 Å². The first-order valence-electron chi connectivity index (χ1n) is 5.71. The van der Waals surface area contributed by atoms with Crippen LogP contribution < -0.4 is 5.32 Å². The summed E-state index contributed by atoms with van der Waals surface area (Å²) in [7, 11) is 0. The maximum atomic E-state index is 13.6. The number of nitrogens with one attached hydrogen (secondary N) is 1. The lowest BCUT2D eigenvalue weighted by molar-refractivity contribution is 0.452. The summed E-state index contributed by atoms with van der Waals surface area (Å²) >= 11 is 0. The van der Waals surface area contributed by atoms with Crippen LogP contribution in [0.2, 0.25) is 0 Å². The predicted octanol–water partition coefficient (Wildman–Crippen LogP) is 2.46. The van der Waals surface area contributed by atoms with E-state index in [1.807, 2.05) is 4.68 Å². The smallest absolute Gasteiger partial charge is 0.221 e. The number of rotatable bonds is 1. The summed E-state index contributed by atoms with van der Waals surface area (Å²) in [6, 6.07) is 6.87. The fraction of sp³-hybridized carbons (Fsp3) is 0.333. The predicted molar refractivity (Wildman–Crippen MR) is 63.2 cm³/mol. The summed E-state index contributed by atoms with van der Waals surface area (Å²) in [6.45, 7) is 2.97. The Hall–Kier alpha value is -1.91. The molecular weight excluding hydrogens is 219 g/mol. The highest BCUT2D eigenvalue weighted by Gasteiger charge is 2.20. The Kier molecular flexibility index (Phi) is 2.31. The van der Waals surface area contributed by atoms with Crippen molar-refractivity contribution in [1.82, 2.24) is 14.8 Å². The molecule has 0 spiro atoms. The Labute approximate surface area is 98.5 Å². The zero-order valence-corrected chi connectivity index (χ0v) is 9.52. The van der Waals surface area contributed by atoms with Crippen molar-refractivity contribution in [3.8, 4) is 11.4 Å². The minimum absolute atomic E-state index is 0.289. The molecule has 2 aromatic rings. The van der Waals surface area contributed by atoms with Crippen LogP contribution in [0.4, 0.5) is 10.3 Å². The number of fused-ring (bicyclic) bond motifs is 1. The summed E-state index contributed by atoms with van der Waals surface area (Å²) in [4.78, 5) is 4.33. The molecule has 0 saturated heterocycles. The van der Waals surface area contributed by atoms with Crippen LogP contribution >= 0.6 is 0 Å². The third kappa shape index (κ3) is 1.67. The van der Waals surface area contributed by atoms with E-state index in [1.54, 1.807) is 18.2 Å². The van der Waals surface area contributed by atoms with Crippen molar-refractivity contribution in [3.63, 3.8) is 0 Å². The Balaban J connectivity index is 2.08. The third-order valence-electron chi connectivity index (χ3n) is 3.01. The molecular formula is C12H13FN4. The van der Waals surface area contributed by atoms with Gasteiger partial charge in [0.05, 0.1) is 11.6 Å². The highest BCUT2D eigenvalue weighted by atomic mass is 19.1. The molecule has 0 amide bonds. The second-order valence-electron chi connectivity index (χ2n) is 4.25. The highest BCUT2D eigenvalue weighted by molar-refractivity contribution is 5.57. The Bertz CT molecular complexity index is 549. The molecule has 1 atom stereocenters. The molecule has 0 bridgehead atoms. The standard InChI is InChI=1S/C12H13FN4/c1-8-6-7-14-12-15-11(16-17(8)12)9-4-2-3-5-10(9)13/h2-5,8H,6-7H2,1H3,(H,14,15,16). The van der Waals surface area contributed by atoms with E-state index in [1.165, 1.54) is 6.07 Å². The number of halogens is 1. The third-order valence-corrected chi connectivity index (χ3v) is 3.01. The maximum absolute atomic E-state index is 13.6. The first kappa shape index (κ1) is 10.3. The summed E-state index contributed by atoms with van der Waals surface area (Å²) in [6.07, 6.45) is 1.01. The number of benzene rings is 1. The Morgan fingerprint density at radius 2 is 2.24 bits per heavy atom. The lowest BCUT2D eigenvalue weighted by atomic mass is 10.2. The monoisotopic (exact) mass is 232 g/mol. The molecule has 5 heteroatoms. The van der Waals surface area contributed by atoms with Crippen LogP contribution in [0.3, 0.4) is 0 Å². The lowest BCUT2D eigenvalue weighted by Crippen LogP contribution is -2.21. The molecule has 1 aliphatic rings. The van der Waals surface area contributed by atoms with Crippen LogP contribution in [0.15, 0.2) is 24.3 Å². The van der Waals surface area contributed by atoms with Gasteiger partial charge in [0.25, 0.3) is 0 Å². The highest BCUT2D eigenvalue weighted by Crippen LogP contribution is 2.26. The zero-order chi connectivity index (χ0) is 11.8. The van der Waals surface area contributed by atoms with Crippen LogP contribution in [-0.2, 0) is 0 Å². The van der Waals surface area contributed by atoms with Crippen LogP contribution in [0.25, 0.3) is 11.4 Å². The molecule has 0 fully saturated rings. The van der Waals surface area contributed by atoms with E-state index < -0.39 is 0 Å². The van der Waals surface area contributed by atoms with Crippen molar-refractivity contribution in [1.29, 1.82) is 0 Å². The van der Waals surface area contributed by atoms with Gasteiger partial charge in [0.1, 0.15) is 5.82 Å². The van der Waals surface area contributed by atoms with Crippen molar-refractivity contribution < 1.29 is 4.39 Å². The average Bonchev–Trinajstić information content (AvgIpc) is 2.75. The zero-order valence-electron chi connectivity index (χ0n) is 9.52. The molecule has 17 heavy (non-hydrogen) atoms. The number of nitrogens with zero attached hydrogens (tertiary/aromatic N) is 3. The maximum Gasteiger partial charge on any atom is 0.221 e. The normalized spacial score (nSPS) is 18.6. The number of anilines is 1. The summed E-state index contributed by atoms with van der Waals surface area (Å²) in [5.74, 6) is 0.879. The molecule has 0 radical (unpaired) electrons. The van der Waals surface area contributed by atoms with Crippen LogP contribution in [0.5, 0.6) is 0 Å². The van der Waals surface area contributed by atoms with Crippen molar-refractivity contribution in [2.75, 3.05) is 11.9 Å². The number of hydrogen-bond donors (Lipinski definition) is 1. The van der Waals surface area contributed by atoms with E-state index in [4.69, 9.17) is 0 Å². The summed E-state index contributed by atoms with van der Waals surface area (Å²) < 4.78 is 15.5. The van der Waals surface area contributed by atoms with E-state index in [0.29, 0.717) is 17.4 Å². The van der Waals surface area contributed by atoms with Gasteiger partial charge in [-0.05, 0) is 25.5 Å². The largest absolute Gasteiger partial charge is 0.354 e. The lowest BCUT2D eigenvalue weighted by Gasteiger charge is -2.20. The van der Waals surface area contributed by atoms with E-state index >= 15 is 0 Å². The van der Waals surface area contributed by atoms with Gasteiger partial charge in [-0.3, -0.25) is 0 Å². The van der Waals surface area contributed by atoms with Gasteiger partial charge in [-0.1, -0.05) is 12.1 Å². The van der Waals surface area contributed by atoms with Gasteiger partial charge in [0.2, 0.25) is 5.95 Å². The average molecular weight is 232 g/mol. The second-order valence-corrected chi connectivity index (χ2v) is 4.25.